The molecule has 0 bridgehead atoms. The molecule has 2 aromatic rings. The van der Waals surface area contributed by atoms with Crippen LogP contribution in [0, 0.1) is 11.6 Å². The SMILES string of the molecule is O=C(NCc1cccc(F)c1F)c1cn2c(c(O)c1=O)C(=O)N1CCCOC1C2. The van der Waals surface area contributed by atoms with Crippen LogP contribution in [0.15, 0.2) is 29.2 Å². The van der Waals surface area contributed by atoms with Crippen molar-refractivity contribution in [2.24, 2.45) is 0 Å². The first-order valence-corrected chi connectivity index (χ1v) is 8.98. The molecule has 3 heterocycles. The number of aromatic nitrogens is 1. The molecule has 0 radical (unpaired) electrons. The van der Waals surface area contributed by atoms with Gasteiger partial charge in [0.15, 0.2) is 29.3 Å². The summed E-state index contributed by atoms with van der Waals surface area (Å²) in [5, 5.41) is 12.6. The van der Waals surface area contributed by atoms with E-state index in [9.17, 15) is 28.3 Å². The number of aromatic hydroxyl groups is 1. The average molecular weight is 405 g/mol. The van der Waals surface area contributed by atoms with Crippen LogP contribution in [0.2, 0.25) is 0 Å². The molecule has 4 rings (SSSR count). The number of hydrogen-bond acceptors (Lipinski definition) is 5. The van der Waals surface area contributed by atoms with Gasteiger partial charge in [-0.2, -0.15) is 0 Å². The lowest BCUT2D eigenvalue weighted by atomic mass is 10.1. The molecule has 10 heteroatoms. The van der Waals surface area contributed by atoms with Crippen molar-refractivity contribution in [1.29, 1.82) is 0 Å². The number of carbonyl (C=O) groups excluding carboxylic acids is 2. The topological polar surface area (TPSA) is 101 Å². The van der Waals surface area contributed by atoms with Gasteiger partial charge in [0, 0.05) is 24.8 Å². The molecule has 29 heavy (non-hydrogen) atoms. The summed E-state index contributed by atoms with van der Waals surface area (Å²) in [5.74, 6) is -4.42. The van der Waals surface area contributed by atoms with Gasteiger partial charge >= 0.3 is 0 Å². The zero-order valence-electron chi connectivity index (χ0n) is 15.2. The summed E-state index contributed by atoms with van der Waals surface area (Å²) < 4.78 is 33.9. The number of fused-ring (bicyclic) bond motifs is 2. The number of pyridine rings is 1. The maximum Gasteiger partial charge on any atom is 0.276 e. The smallest absolute Gasteiger partial charge is 0.276 e. The highest BCUT2D eigenvalue weighted by Crippen LogP contribution is 2.26. The third kappa shape index (κ3) is 3.25. The number of halogens is 2. The lowest BCUT2D eigenvalue weighted by Crippen LogP contribution is -2.53. The molecule has 1 aromatic heterocycles. The molecule has 2 N–H and O–H groups in total. The summed E-state index contributed by atoms with van der Waals surface area (Å²) >= 11 is 0. The van der Waals surface area contributed by atoms with Gasteiger partial charge in [-0.3, -0.25) is 14.4 Å². The maximum absolute atomic E-state index is 13.7. The molecule has 2 aliphatic heterocycles. The average Bonchev–Trinajstić information content (AvgIpc) is 2.71. The van der Waals surface area contributed by atoms with Crippen LogP contribution in [0.3, 0.4) is 0 Å². The largest absolute Gasteiger partial charge is 0.503 e. The molecule has 1 aromatic carbocycles. The van der Waals surface area contributed by atoms with Gasteiger partial charge in [-0.05, 0) is 12.5 Å². The first-order valence-electron chi connectivity index (χ1n) is 8.98. The van der Waals surface area contributed by atoms with Crippen LogP contribution in [-0.4, -0.2) is 45.8 Å². The van der Waals surface area contributed by atoms with Gasteiger partial charge in [0.05, 0.1) is 13.2 Å². The van der Waals surface area contributed by atoms with Crippen molar-refractivity contribution in [3.63, 3.8) is 0 Å². The van der Waals surface area contributed by atoms with Gasteiger partial charge in [0.2, 0.25) is 5.43 Å². The van der Waals surface area contributed by atoms with E-state index in [1.807, 2.05) is 0 Å². The van der Waals surface area contributed by atoms with E-state index in [-0.39, 0.29) is 24.3 Å². The Labute approximate surface area is 163 Å². The van der Waals surface area contributed by atoms with Crippen molar-refractivity contribution in [2.45, 2.75) is 25.7 Å². The van der Waals surface area contributed by atoms with Crippen LogP contribution in [0.25, 0.3) is 0 Å². The molecule has 0 aliphatic carbocycles. The molecular formula is C19H17F2N3O5. The summed E-state index contributed by atoms with van der Waals surface area (Å²) in [5.41, 5.74) is -1.73. The summed E-state index contributed by atoms with van der Waals surface area (Å²) in [6, 6.07) is 3.53. The minimum atomic E-state index is -1.10. The van der Waals surface area contributed by atoms with E-state index in [4.69, 9.17) is 4.74 Å². The lowest BCUT2D eigenvalue weighted by Gasteiger charge is -2.40. The molecule has 2 amide bonds. The Morgan fingerprint density at radius 3 is 2.90 bits per heavy atom. The monoisotopic (exact) mass is 405 g/mol. The third-order valence-electron chi connectivity index (χ3n) is 4.99. The fourth-order valence-corrected chi connectivity index (χ4v) is 3.51. The second-order valence-electron chi connectivity index (χ2n) is 6.79. The predicted molar refractivity (Wildman–Crippen MR) is 95.3 cm³/mol. The van der Waals surface area contributed by atoms with Gasteiger partial charge in [-0.15, -0.1) is 0 Å². The van der Waals surface area contributed by atoms with Crippen LogP contribution in [0.1, 0.15) is 32.8 Å². The molecule has 1 saturated heterocycles. The van der Waals surface area contributed by atoms with Crippen molar-refractivity contribution in [3.8, 4) is 5.75 Å². The van der Waals surface area contributed by atoms with Gasteiger partial charge in [0.1, 0.15) is 5.56 Å². The number of benzene rings is 1. The molecule has 1 unspecified atom stereocenters. The number of rotatable bonds is 3. The van der Waals surface area contributed by atoms with Crippen molar-refractivity contribution < 1.29 is 28.2 Å². The van der Waals surface area contributed by atoms with Crippen LogP contribution >= 0.6 is 0 Å². The number of hydrogen-bond donors (Lipinski definition) is 2. The quantitative estimate of drug-likeness (QED) is 0.793. The zero-order chi connectivity index (χ0) is 20.7. The summed E-state index contributed by atoms with van der Waals surface area (Å²) in [6.45, 7) is 0.706. The minimum absolute atomic E-state index is 0.0953. The highest BCUT2D eigenvalue weighted by molar-refractivity contribution is 5.99. The molecule has 1 fully saturated rings. The van der Waals surface area contributed by atoms with E-state index in [0.717, 1.165) is 6.07 Å². The predicted octanol–water partition coefficient (Wildman–Crippen LogP) is 0.964. The number of amides is 2. The van der Waals surface area contributed by atoms with E-state index >= 15 is 0 Å². The van der Waals surface area contributed by atoms with Gasteiger partial charge in [0.25, 0.3) is 11.8 Å². The van der Waals surface area contributed by atoms with Crippen LogP contribution in [-0.2, 0) is 17.8 Å². The first-order chi connectivity index (χ1) is 13.9. The summed E-state index contributed by atoms with van der Waals surface area (Å²) in [4.78, 5) is 39.0. The Morgan fingerprint density at radius 2 is 2.10 bits per heavy atom. The molecule has 1 atom stereocenters. The lowest BCUT2D eigenvalue weighted by molar-refractivity contribution is -0.0920. The fraction of sp³-hybridized carbons (Fsp3) is 0.316. The van der Waals surface area contributed by atoms with Crippen LogP contribution < -0.4 is 10.7 Å². The number of nitrogens with zero attached hydrogens (tertiary/aromatic N) is 2. The van der Waals surface area contributed by atoms with Crippen molar-refractivity contribution in [3.05, 3.63) is 63.1 Å². The maximum atomic E-state index is 13.7. The Kier molecular flexibility index (Phi) is 4.79. The highest BCUT2D eigenvalue weighted by Gasteiger charge is 2.38. The second kappa shape index (κ2) is 7.28. The van der Waals surface area contributed by atoms with E-state index in [2.05, 4.69) is 5.32 Å². The van der Waals surface area contributed by atoms with E-state index in [1.54, 1.807) is 0 Å². The Balaban J connectivity index is 1.63. The summed E-state index contributed by atoms with van der Waals surface area (Å²) in [7, 11) is 0. The molecule has 0 spiro atoms. The van der Waals surface area contributed by atoms with Gasteiger partial charge in [-0.25, -0.2) is 8.78 Å². The van der Waals surface area contributed by atoms with Crippen molar-refractivity contribution >= 4 is 11.8 Å². The number of carbonyl (C=O) groups is 2. The van der Waals surface area contributed by atoms with E-state index in [1.165, 1.54) is 27.8 Å². The minimum Gasteiger partial charge on any atom is -0.503 e. The van der Waals surface area contributed by atoms with Crippen LogP contribution in [0.5, 0.6) is 5.75 Å². The van der Waals surface area contributed by atoms with E-state index in [0.29, 0.717) is 19.6 Å². The zero-order valence-corrected chi connectivity index (χ0v) is 15.2. The molecule has 152 valence electrons. The number of nitrogens with one attached hydrogen (secondary N) is 1. The molecule has 2 aliphatic rings. The van der Waals surface area contributed by atoms with Crippen molar-refractivity contribution in [1.82, 2.24) is 14.8 Å². The van der Waals surface area contributed by atoms with Gasteiger partial charge < -0.3 is 24.6 Å². The Morgan fingerprint density at radius 1 is 1.31 bits per heavy atom. The first kappa shape index (κ1) is 19.1. The Hall–Kier alpha value is -3.27. The van der Waals surface area contributed by atoms with Gasteiger partial charge in [-0.1, -0.05) is 12.1 Å². The summed E-state index contributed by atoms with van der Waals surface area (Å²) in [6.07, 6.45) is 1.26. The fourth-order valence-electron chi connectivity index (χ4n) is 3.51. The standard InChI is InChI=1S/C19H17F2N3O5/c20-12-4-1-3-10(14(12)21)7-22-18(27)11-8-23-9-13-24(5-2-6-29-13)19(28)15(23)17(26)16(11)25/h1,3-4,8,13,26H,2,5-7,9H2,(H,22,27). The number of ether oxygens (including phenoxy) is 1. The van der Waals surface area contributed by atoms with Crippen LogP contribution in [0.4, 0.5) is 8.78 Å². The Bertz CT molecular complexity index is 1070. The second-order valence-corrected chi connectivity index (χ2v) is 6.79. The van der Waals surface area contributed by atoms with Crippen molar-refractivity contribution in [2.75, 3.05) is 13.2 Å². The molecule has 0 saturated carbocycles. The normalized spacial score (nSPS) is 18.2. The highest BCUT2D eigenvalue weighted by atomic mass is 19.2. The third-order valence-corrected chi connectivity index (χ3v) is 4.99. The molecule has 8 nitrogen and oxygen atoms in total. The van der Waals surface area contributed by atoms with E-state index < -0.39 is 46.4 Å². The molecular weight excluding hydrogens is 388 g/mol.